The number of aryl methyl sites for hydroxylation is 2. The molecule has 0 atom stereocenters. The van der Waals surface area contributed by atoms with E-state index in [1.165, 1.54) is 45.8 Å². The molecule has 146 valence electrons. The van der Waals surface area contributed by atoms with Gasteiger partial charge in [-0.05, 0) is 40.3 Å². The highest BCUT2D eigenvalue weighted by Crippen LogP contribution is 2.32. The normalized spacial score (nSPS) is 12.6. The molecule has 3 aromatic carbocycles. The molecule has 1 amide bonds. The molecule has 0 radical (unpaired) electrons. The number of amides is 1. The van der Waals surface area contributed by atoms with Crippen LogP contribution in [-0.2, 0) is 23.4 Å². The Balaban J connectivity index is 1.30. The summed E-state index contributed by atoms with van der Waals surface area (Å²) >= 11 is 1.43. The Labute approximate surface area is 172 Å². The molecular weight excluding hydrogens is 386 g/mol. The molecule has 0 bridgehead atoms. The Bertz CT molecular complexity index is 1100. The SMILES string of the molecule is O=C(CSCc1ccc([N+](=O)[O-])cc1)NN=Cc1ccc2c3c(cccc13)CC2. The van der Waals surface area contributed by atoms with E-state index in [1.54, 1.807) is 18.3 Å². The van der Waals surface area contributed by atoms with Gasteiger partial charge in [0.05, 0.1) is 16.9 Å². The van der Waals surface area contributed by atoms with Crippen molar-refractivity contribution in [1.82, 2.24) is 5.43 Å². The summed E-state index contributed by atoms with van der Waals surface area (Å²) in [5.74, 6) is 0.682. The van der Waals surface area contributed by atoms with Gasteiger partial charge in [-0.15, -0.1) is 11.8 Å². The molecule has 1 N–H and O–H groups in total. The van der Waals surface area contributed by atoms with Crippen LogP contribution in [0.4, 0.5) is 5.69 Å². The fourth-order valence-corrected chi connectivity index (χ4v) is 4.34. The molecule has 6 nitrogen and oxygen atoms in total. The van der Waals surface area contributed by atoms with E-state index >= 15 is 0 Å². The molecule has 1 aliphatic carbocycles. The quantitative estimate of drug-likeness (QED) is 0.362. The summed E-state index contributed by atoms with van der Waals surface area (Å²) in [7, 11) is 0. The lowest BCUT2D eigenvalue weighted by molar-refractivity contribution is -0.384. The zero-order valence-electron chi connectivity index (χ0n) is 15.6. The second-order valence-corrected chi connectivity index (χ2v) is 7.85. The number of nitro groups is 1. The van der Waals surface area contributed by atoms with E-state index in [0.717, 1.165) is 24.0 Å². The molecule has 0 aliphatic heterocycles. The zero-order valence-corrected chi connectivity index (χ0v) is 16.4. The Hall–Kier alpha value is -3.19. The number of non-ortho nitro benzene ring substituents is 1. The molecule has 0 spiro atoms. The van der Waals surface area contributed by atoms with Gasteiger partial charge in [-0.2, -0.15) is 5.10 Å². The van der Waals surface area contributed by atoms with Crippen molar-refractivity contribution < 1.29 is 9.72 Å². The van der Waals surface area contributed by atoms with E-state index in [0.29, 0.717) is 5.75 Å². The number of carbonyl (C=O) groups is 1. The predicted octanol–water partition coefficient (Wildman–Crippen LogP) is 4.23. The largest absolute Gasteiger partial charge is 0.272 e. The Morgan fingerprint density at radius 3 is 2.62 bits per heavy atom. The molecular formula is C22H19N3O3S. The number of carbonyl (C=O) groups excluding carboxylic acids is 1. The maximum Gasteiger partial charge on any atom is 0.269 e. The van der Waals surface area contributed by atoms with Crippen LogP contribution in [0.25, 0.3) is 10.8 Å². The van der Waals surface area contributed by atoms with Crippen molar-refractivity contribution in [2.24, 2.45) is 5.10 Å². The van der Waals surface area contributed by atoms with Gasteiger partial charge in [0.1, 0.15) is 0 Å². The molecule has 4 rings (SSSR count). The predicted molar refractivity (Wildman–Crippen MR) is 116 cm³/mol. The summed E-state index contributed by atoms with van der Waals surface area (Å²) in [6.45, 7) is 0. The monoisotopic (exact) mass is 405 g/mol. The van der Waals surface area contributed by atoms with Gasteiger partial charge < -0.3 is 0 Å². The fraction of sp³-hybridized carbons (Fsp3) is 0.182. The first kappa shape index (κ1) is 19.1. The molecule has 7 heteroatoms. The minimum Gasteiger partial charge on any atom is -0.272 e. The minimum atomic E-state index is -0.426. The second kappa shape index (κ2) is 8.45. The van der Waals surface area contributed by atoms with Crippen LogP contribution in [0.2, 0.25) is 0 Å². The van der Waals surface area contributed by atoms with Crippen LogP contribution in [0.5, 0.6) is 0 Å². The van der Waals surface area contributed by atoms with E-state index in [2.05, 4.69) is 34.8 Å². The lowest BCUT2D eigenvalue weighted by atomic mass is 10.0. The average molecular weight is 405 g/mol. The molecule has 0 saturated heterocycles. The molecule has 0 unspecified atom stereocenters. The number of rotatable bonds is 7. The topological polar surface area (TPSA) is 84.6 Å². The Kier molecular flexibility index (Phi) is 5.57. The van der Waals surface area contributed by atoms with Gasteiger partial charge in [0.25, 0.3) is 5.69 Å². The highest BCUT2D eigenvalue weighted by Gasteiger charge is 2.15. The maximum atomic E-state index is 12.0. The number of thioether (sulfide) groups is 1. The van der Waals surface area contributed by atoms with E-state index in [9.17, 15) is 14.9 Å². The molecule has 0 aromatic heterocycles. The smallest absolute Gasteiger partial charge is 0.269 e. The fourth-order valence-electron chi connectivity index (χ4n) is 3.56. The number of nitrogens with zero attached hydrogens (tertiary/aromatic N) is 2. The maximum absolute atomic E-state index is 12.0. The summed E-state index contributed by atoms with van der Waals surface area (Å²) in [4.78, 5) is 22.2. The second-order valence-electron chi connectivity index (χ2n) is 6.86. The van der Waals surface area contributed by atoms with Crippen LogP contribution in [0.3, 0.4) is 0 Å². The summed E-state index contributed by atoms with van der Waals surface area (Å²) in [5.41, 5.74) is 7.31. The molecule has 1 aliphatic rings. The van der Waals surface area contributed by atoms with Crippen LogP contribution >= 0.6 is 11.8 Å². The van der Waals surface area contributed by atoms with Crippen LogP contribution in [0.1, 0.15) is 22.3 Å². The Morgan fingerprint density at radius 1 is 1.10 bits per heavy atom. The number of benzene rings is 3. The highest BCUT2D eigenvalue weighted by atomic mass is 32.2. The van der Waals surface area contributed by atoms with Crippen LogP contribution in [0.15, 0.2) is 59.7 Å². The summed E-state index contributed by atoms with van der Waals surface area (Å²) < 4.78 is 0. The van der Waals surface area contributed by atoms with Crippen molar-refractivity contribution in [3.8, 4) is 0 Å². The van der Waals surface area contributed by atoms with Crippen molar-refractivity contribution in [3.63, 3.8) is 0 Å². The number of nitro benzene ring substituents is 1. The first-order chi connectivity index (χ1) is 14.1. The van der Waals surface area contributed by atoms with Crippen molar-refractivity contribution in [2.45, 2.75) is 18.6 Å². The van der Waals surface area contributed by atoms with E-state index in [4.69, 9.17) is 0 Å². The third-order valence-electron chi connectivity index (χ3n) is 4.95. The lowest BCUT2D eigenvalue weighted by Gasteiger charge is -2.05. The van der Waals surface area contributed by atoms with E-state index in [-0.39, 0.29) is 17.3 Å². The molecule has 29 heavy (non-hydrogen) atoms. The van der Waals surface area contributed by atoms with Gasteiger partial charge in [0.15, 0.2) is 0 Å². The molecule has 0 fully saturated rings. The summed E-state index contributed by atoms with van der Waals surface area (Å²) in [6, 6.07) is 16.9. The summed E-state index contributed by atoms with van der Waals surface area (Å²) in [5, 5.41) is 17.3. The van der Waals surface area contributed by atoms with Crippen molar-refractivity contribution in [1.29, 1.82) is 0 Å². The molecule has 0 saturated carbocycles. The van der Waals surface area contributed by atoms with Gasteiger partial charge in [-0.3, -0.25) is 14.9 Å². The Morgan fingerprint density at radius 2 is 1.86 bits per heavy atom. The van der Waals surface area contributed by atoms with Crippen LogP contribution in [-0.4, -0.2) is 22.8 Å². The number of hydrazone groups is 1. The minimum absolute atomic E-state index is 0.0638. The molecule has 0 heterocycles. The number of hydrogen-bond donors (Lipinski definition) is 1. The van der Waals surface area contributed by atoms with E-state index in [1.807, 2.05) is 6.07 Å². The zero-order chi connectivity index (χ0) is 20.2. The first-order valence-corrected chi connectivity index (χ1v) is 10.4. The first-order valence-electron chi connectivity index (χ1n) is 9.28. The lowest BCUT2D eigenvalue weighted by Crippen LogP contribution is -2.19. The third-order valence-corrected chi connectivity index (χ3v) is 5.96. The molecule has 3 aromatic rings. The van der Waals surface area contributed by atoms with Gasteiger partial charge in [0.2, 0.25) is 5.91 Å². The highest BCUT2D eigenvalue weighted by molar-refractivity contribution is 7.99. The van der Waals surface area contributed by atoms with Gasteiger partial charge in [0, 0.05) is 23.4 Å². The van der Waals surface area contributed by atoms with Crippen LogP contribution in [0, 0.1) is 10.1 Å². The number of nitrogens with one attached hydrogen (secondary N) is 1. The van der Waals surface area contributed by atoms with Crippen LogP contribution < -0.4 is 5.43 Å². The van der Waals surface area contributed by atoms with Crippen molar-refractivity contribution >= 4 is 40.3 Å². The van der Waals surface area contributed by atoms with Crippen molar-refractivity contribution in [2.75, 3.05) is 5.75 Å². The number of hydrogen-bond acceptors (Lipinski definition) is 5. The van der Waals surface area contributed by atoms with Gasteiger partial charge in [-0.1, -0.05) is 42.5 Å². The van der Waals surface area contributed by atoms with Gasteiger partial charge in [-0.25, -0.2) is 5.43 Å². The van der Waals surface area contributed by atoms with E-state index < -0.39 is 4.92 Å². The standard InChI is InChI=1S/C22H19N3O3S/c26-21(14-29-13-15-4-10-19(11-5-15)25(27)28)24-23-12-18-9-8-17-7-6-16-2-1-3-20(18)22(16)17/h1-5,8-12H,6-7,13-14H2,(H,24,26). The third kappa shape index (κ3) is 4.30. The van der Waals surface area contributed by atoms with Crippen molar-refractivity contribution in [3.05, 3.63) is 87.0 Å². The summed E-state index contributed by atoms with van der Waals surface area (Å²) in [6.07, 6.45) is 3.85. The average Bonchev–Trinajstić information content (AvgIpc) is 3.15. The van der Waals surface area contributed by atoms with Gasteiger partial charge >= 0.3 is 0 Å².